The van der Waals surface area contributed by atoms with E-state index < -0.39 is 21.6 Å². The largest absolute Gasteiger partial charge is 0.462 e. The van der Waals surface area contributed by atoms with E-state index in [2.05, 4.69) is 15.3 Å². The lowest BCUT2D eigenvalue weighted by Gasteiger charge is -2.07. The van der Waals surface area contributed by atoms with Crippen LogP contribution in [-0.2, 0) is 14.9 Å². The summed E-state index contributed by atoms with van der Waals surface area (Å²) in [6, 6.07) is 5.96. The van der Waals surface area contributed by atoms with Gasteiger partial charge in [0.05, 0.1) is 19.1 Å². The van der Waals surface area contributed by atoms with Gasteiger partial charge in [0, 0.05) is 5.69 Å². The molecule has 0 unspecified atom stereocenters. The molecule has 0 aliphatic carbocycles. The third kappa shape index (κ3) is 4.81. The van der Waals surface area contributed by atoms with Crippen LogP contribution in [0.25, 0.3) is 0 Å². The molecule has 128 valence electrons. The second kappa shape index (κ2) is 7.13. The van der Waals surface area contributed by atoms with Gasteiger partial charge in [0.1, 0.15) is 11.3 Å². The first-order valence-corrected chi connectivity index (χ1v) is 8.63. The number of aromatic amines is 1. The number of rotatable bonds is 6. The smallest absolute Gasteiger partial charge is 0.345 e. The third-order valence-electron chi connectivity index (χ3n) is 2.66. The molecule has 0 saturated carbocycles. The number of ether oxygens (including phenoxy) is 1. The van der Waals surface area contributed by atoms with Gasteiger partial charge in [-0.2, -0.15) is 8.42 Å². The predicted octanol–water partition coefficient (Wildman–Crippen LogP) is 1.03. The summed E-state index contributed by atoms with van der Waals surface area (Å²) in [5, 5.41) is 2.81. The summed E-state index contributed by atoms with van der Waals surface area (Å²) in [6.07, 6.45) is 2.05. The van der Waals surface area contributed by atoms with E-state index in [1.165, 1.54) is 12.1 Å². The van der Waals surface area contributed by atoms with Crippen LogP contribution in [0.5, 0.6) is 5.75 Å². The predicted molar refractivity (Wildman–Crippen MR) is 86.0 cm³/mol. The maximum absolute atomic E-state index is 11.8. The van der Waals surface area contributed by atoms with Gasteiger partial charge in [-0.3, -0.25) is 9.78 Å². The second-order valence-corrected chi connectivity index (χ2v) is 6.21. The Morgan fingerprint density at radius 2 is 1.96 bits per heavy atom. The molecule has 24 heavy (non-hydrogen) atoms. The molecule has 1 heterocycles. The summed E-state index contributed by atoms with van der Waals surface area (Å²) in [4.78, 5) is 29.7. The SMILES string of the molecule is CCOC(=O)c1cnc(Nc2ccc(OS(C)(=O)=O)cc2)[nH]c1=O. The molecule has 0 amide bonds. The number of nitrogens with one attached hydrogen (secondary N) is 2. The maximum atomic E-state index is 11.8. The summed E-state index contributed by atoms with van der Waals surface area (Å²) >= 11 is 0. The molecule has 0 aliphatic heterocycles. The highest BCUT2D eigenvalue weighted by Crippen LogP contribution is 2.18. The Morgan fingerprint density at radius 3 is 2.50 bits per heavy atom. The first-order chi connectivity index (χ1) is 11.3. The van der Waals surface area contributed by atoms with Crippen molar-refractivity contribution in [3.05, 3.63) is 46.4 Å². The van der Waals surface area contributed by atoms with Crippen LogP contribution < -0.4 is 15.1 Å². The van der Waals surface area contributed by atoms with Crippen LogP contribution in [0.1, 0.15) is 17.3 Å². The molecule has 0 saturated heterocycles. The van der Waals surface area contributed by atoms with Gasteiger partial charge in [-0.15, -0.1) is 0 Å². The number of benzene rings is 1. The Balaban J connectivity index is 2.12. The lowest BCUT2D eigenvalue weighted by molar-refractivity contribution is 0.0523. The Labute approximate surface area is 137 Å². The number of hydrogen-bond donors (Lipinski definition) is 2. The number of carbonyl (C=O) groups excluding carboxylic acids is 1. The summed E-state index contributed by atoms with van der Waals surface area (Å²) in [5.74, 6) is -0.480. The van der Waals surface area contributed by atoms with Crippen LogP contribution in [0.4, 0.5) is 11.6 Å². The molecule has 0 fully saturated rings. The fraction of sp³-hybridized carbons (Fsp3) is 0.214. The highest BCUT2D eigenvalue weighted by molar-refractivity contribution is 7.86. The van der Waals surface area contributed by atoms with Gasteiger partial charge in [0.15, 0.2) is 0 Å². The van der Waals surface area contributed by atoms with Crippen molar-refractivity contribution in [3.8, 4) is 5.75 Å². The fourth-order valence-electron chi connectivity index (χ4n) is 1.72. The molecular weight excluding hydrogens is 338 g/mol. The first kappa shape index (κ1) is 17.5. The first-order valence-electron chi connectivity index (χ1n) is 6.81. The molecule has 2 aromatic rings. The molecule has 0 radical (unpaired) electrons. The summed E-state index contributed by atoms with van der Waals surface area (Å²) in [5.41, 5.74) is -0.301. The average Bonchev–Trinajstić information content (AvgIpc) is 2.48. The Bertz CT molecular complexity index is 889. The molecule has 2 rings (SSSR count). The van der Waals surface area contributed by atoms with Crippen molar-refractivity contribution in [3.63, 3.8) is 0 Å². The monoisotopic (exact) mass is 353 g/mol. The molecule has 1 aromatic carbocycles. The molecule has 0 aliphatic rings. The minimum atomic E-state index is -3.60. The molecule has 10 heteroatoms. The van der Waals surface area contributed by atoms with Gasteiger partial charge in [0.25, 0.3) is 5.56 Å². The number of carbonyl (C=O) groups is 1. The van der Waals surface area contributed by atoms with Gasteiger partial charge in [-0.05, 0) is 31.2 Å². The van der Waals surface area contributed by atoms with Crippen molar-refractivity contribution in [2.75, 3.05) is 18.2 Å². The van der Waals surface area contributed by atoms with Crippen molar-refractivity contribution in [2.45, 2.75) is 6.92 Å². The van der Waals surface area contributed by atoms with Crippen molar-refractivity contribution < 1.29 is 22.1 Å². The fourth-order valence-corrected chi connectivity index (χ4v) is 2.18. The van der Waals surface area contributed by atoms with Crippen LogP contribution in [0, 0.1) is 0 Å². The van der Waals surface area contributed by atoms with Crippen LogP contribution in [-0.4, -0.2) is 37.2 Å². The normalized spacial score (nSPS) is 10.9. The van der Waals surface area contributed by atoms with Crippen molar-refractivity contribution in [1.82, 2.24) is 9.97 Å². The van der Waals surface area contributed by atoms with E-state index in [4.69, 9.17) is 8.92 Å². The zero-order valence-electron chi connectivity index (χ0n) is 12.9. The molecule has 2 N–H and O–H groups in total. The zero-order valence-corrected chi connectivity index (χ0v) is 13.7. The average molecular weight is 353 g/mol. The lowest BCUT2D eigenvalue weighted by atomic mass is 10.3. The molecular formula is C14H15N3O6S. The topological polar surface area (TPSA) is 127 Å². The van der Waals surface area contributed by atoms with E-state index in [1.54, 1.807) is 19.1 Å². The minimum Gasteiger partial charge on any atom is -0.462 e. The summed E-state index contributed by atoms with van der Waals surface area (Å²) < 4.78 is 31.5. The zero-order chi connectivity index (χ0) is 17.7. The number of nitrogens with zero attached hydrogens (tertiary/aromatic N) is 1. The highest BCUT2D eigenvalue weighted by Gasteiger charge is 2.13. The van der Waals surface area contributed by atoms with E-state index in [-0.39, 0.29) is 23.9 Å². The van der Waals surface area contributed by atoms with Crippen molar-refractivity contribution in [1.29, 1.82) is 0 Å². The standard InChI is InChI=1S/C14H15N3O6S/c1-3-22-13(19)11-8-15-14(17-12(11)18)16-9-4-6-10(7-5-9)23-24(2,20)21/h4-8H,3H2,1-2H3,(H2,15,16,17,18). The quantitative estimate of drug-likeness (QED) is 0.582. The number of H-pyrrole nitrogens is 1. The molecule has 0 bridgehead atoms. The third-order valence-corrected chi connectivity index (χ3v) is 3.15. The van der Waals surface area contributed by atoms with E-state index in [9.17, 15) is 18.0 Å². The molecule has 1 aromatic heterocycles. The van der Waals surface area contributed by atoms with E-state index in [0.717, 1.165) is 12.5 Å². The van der Waals surface area contributed by atoms with Crippen LogP contribution in [0.2, 0.25) is 0 Å². The second-order valence-electron chi connectivity index (χ2n) is 4.63. The minimum absolute atomic E-state index is 0.116. The van der Waals surface area contributed by atoms with Gasteiger partial charge >= 0.3 is 16.1 Å². The number of anilines is 2. The Kier molecular flexibility index (Phi) is 5.19. The Hall–Kier alpha value is -2.88. The van der Waals surface area contributed by atoms with Gasteiger partial charge in [0.2, 0.25) is 5.95 Å². The van der Waals surface area contributed by atoms with Crippen LogP contribution in [0.15, 0.2) is 35.3 Å². The maximum Gasteiger partial charge on any atom is 0.345 e. The highest BCUT2D eigenvalue weighted by atomic mass is 32.2. The van der Waals surface area contributed by atoms with Crippen LogP contribution >= 0.6 is 0 Å². The number of esters is 1. The van der Waals surface area contributed by atoms with Gasteiger partial charge < -0.3 is 14.2 Å². The molecule has 0 spiro atoms. The van der Waals surface area contributed by atoms with E-state index >= 15 is 0 Å². The lowest BCUT2D eigenvalue weighted by Crippen LogP contribution is -2.21. The number of hydrogen-bond acceptors (Lipinski definition) is 8. The van der Waals surface area contributed by atoms with Crippen LogP contribution in [0.3, 0.4) is 0 Å². The molecule has 9 nitrogen and oxygen atoms in total. The van der Waals surface area contributed by atoms with Gasteiger partial charge in [-0.25, -0.2) is 9.78 Å². The van der Waals surface area contributed by atoms with E-state index in [1.807, 2.05) is 0 Å². The van der Waals surface area contributed by atoms with E-state index in [0.29, 0.717) is 5.69 Å². The van der Waals surface area contributed by atoms with Gasteiger partial charge in [-0.1, -0.05) is 0 Å². The number of aromatic nitrogens is 2. The van der Waals surface area contributed by atoms with Crippen molar-refractivity contribution >= 4 is 27.7 Å². The van der Waals surface area contributed by atoms with Crippen molar-refractivity contribution in [2.24, 2.45) is 0 Å². The summed E-state index contributed by atoms with van der Waals surface area (Å²) in [6.45, 7) is 1.78. The Morgan fingerprint density at radius 1 is 1.29 bits per heavy atom. The summed E-state index contributed by atoms with van der Waals surface area (Å²) in [7, 11) is -3.60. The molecule has 0 atom stereocenters.